The molecule has 1 aliphatic heterocycles. The fourth-order valence-electron chi connectivity index (χ4n) is 2.48. The van der Waals surface area contributed by atoms with E-state index in [1.165, 1.54) is 4.31 Å². The van der Waals surface area contributed by atoms with E-state index in [0.29, 0.717) is 23.5 Å². The highest BCUT2D eigenvalue weighted by Crippen LogP contribution is 2.22. The molecule has 6 heteroatoms. The molecule has 1 atom stereocenters. The van der Waals surface area contributed by atoms with Crippen LogP contribution in [0.5, 0.6) is 0 Å². The molecule has 1 saturated heterocycles. The van der Waals surface area contributed by atoms with E-state index in [-0.39, 0.29) is 12.6 Å². The molecule has 112 valence electrons. The van der Waals surface area contributed by atoms with Gasteiger partial charge in [0.2, 0.25) is 10.0 Å². The number of sulfonamides is 1. The molecule has 0 spiro atoms. The smallest absolute Gasteiger partial charge is 0.243 e. The number of likely N-dealkylation sites (N-methyl/N-ethyl adjacent to an activating group) is 1. The van der Waals surface area contributed by atoms with Gasteiger partial charge in [-0.05, 0) is 24.5 Å². The zero-order chi connectivity index (χ0) is 14.6. The zero-order valence-corrected chi connectivity index (χ0v) is 12.6. The van der Waals surface area contributed by atoms with Crippen molar-refractivity contribution in [2.45, 2.75) is 37.3 Å². The second-order valence-corrected chi connectivity index (χ2v) is 6.81. The Morgan fingerprint density at radius 3 is 2.75 bits per heavy atom. The molecule has 1 aliphatic rings. The molecule has 1 aromatic carbocycles. The minimum Gasteiger partial charge on any atom is -0.377 e. The molecular formula is C14H22N2O3S. The van der Waals surface area contributed by atoms with Crippen LogP contribution < -0.4 is 5.73 Å². The van der Waals surface area contributed by atoms with E-state index in [4.69, 9.17) is 10.5 Å². The van der Waals surface area contributed by atoms with Gasteiger partial charge < -0.3 is 10.5 Å². The number of nitrogens with zero attached hydrogens (tertiary/aromatic N) is 1. The predicted molar refractivity (Wildman–Crippen MR) is 77.7 cm³/mol. The summed E-state index contributed by atoms with van der Waals surface area (Å²) in [5.41, 5.74) is 6.30. The highest BCUT2D eigenvalue weighted by molar-refractivity contribution is 7.89. The summed E-state index contributed by atoms with van der Waals surface area (Å²) < 4.78 is 32.5. The van der Waals surface area contributed by atoms with Gasteiger partial charge in [0.05, 0.1) is 11.0 Å². The lowest BCUT2D eigenvalue weighted by Crippen LogP contribution is -2.37. The Labute approximate surface area is 120 Å². The van der Waals surface area contributed by atoms with Crippen molar-refractivity contribution in [1.82, 2.24) is 4.31 Å². The van der Waals surface area contributed by atoms with Crippen molar-refractivity contribution >= 4 is 10.0 Å². The maximum absolute atomic E-state index is 12.7. The molecule has 0 radical (unpaired) electrons. The van der Waals surface area contributed by atoms with Crippen molar-refractivity contribution in [3.05, 3.63) is 29.8 Å². The average Bonchev–Trinajstić information content (AvgIpc) is 2.97. The van der Waals surface area contributed by atoms with E-state index in [1.54, 1.807) is 24.3 Å². The molecule has 20 heavy (non-hydrogen) atoms. The largest absolute Gasteiger partial charge is 0.377 e. The number of ether oxygens (including phenoxy) is 1. The number of benzene rings is 1. The zero-order valence-electron chi connectivity index (χ0n) is 11.8. The molecule has 2 rings (SSSR count). The van der Waals surface area contributed by atoms with Gasteiger partial charge in [-0.15, -0.1) is 0 Å². The van der Waals surface area contributed by atoms with Crippen molar-refractivity contribution in [2.24, 2.45) is 5.73 Å². The van der Waals surface area contributed by atoms with Gasteiger partial charge in [0.25, 0.3) is 0 Å². The first-order chi connectivity index (χ1) is 9.59. The van der Waals surface area contributed by atoms with Crippen LogP contribution in [0.3, 0.4) is 0 Å². The van der Waals surface area contributed by atoms with Crippen LogP contribution in [0.1, 0.15) is 25.3 Å². The molecule has 0 bridgehead atoms. The number of hydrogen-bond acceptors (Lipinski definition) is 4. The third kappa shape index (κ3) is 3.20. The molecule has 1 fully saturated rings. The SMILES string of the molecule is CCN(CC1CCCO1)S(=O)(=O)c1ccccc1CN. The summed E-state index contributed by atoms with van der Waals surface area (Å²) in [6.45, 7) is 3.63. The summed E-state index contributed by atoms with van der Waals surface area (Å²) in [5, 5.41) is 0. The third-order valence-corrected chi connectivity index (χ3v) is 5.64. The molecule has 1 heterocycles. The van der Waals surface area contributed by atoms with Crippen LogP contribution in [0.15, 0.2) is 29.2 Å². The molecule has 1 unspecified atom stereocenters. The molecule has 0 saturated carbocycles. The first-order valence-electron chi connectivity index (χ1n) is 6.99. The van der Waals surface area contributed by atoms with E-state index in [0.717, 1.165) is 19.4 Å². The summed E-state index contributed by atoms with van der Waals surface area (Å²) in [6.07, 6.45) is 1.93. The summed E-state index contributed by atoms with van der Waals surface area (Å²) in [6, 6.07) is 6.91. The summed E-state index contributed by atoms with van der Waals surface area (Å²) in [4.78, 5) is 0.308. The average molecular weight is 298 g/mol. The Morgan fingerprint density at radius 2 is 2.15 bits per heavy atom. The van der Waals surface area contributed by atoms with E-state index in [9.17, 15) is 8.42 Å². The van der Waals surface area contributed by atoms with Crippen LogP contribution in [-0.2, 0) is 21.3 Å². The Morgan fingerprint density at radius 1 is 1.40 bits per heavy atom. The Balaban J connectivity index is 2.26. The molecule has 5 nitrogen and oxygen atoms in total. The molecule has 0 amide bonds. The van der Waals surface area contributed by atoms with Crippen LogP contribution in [0, 0.1) is 0 Å². The van der Waals surface area contributed by atoms with Crippen molar-refractivity contribution < 1.29 is 13.2 Å². The van der Waals surface area contributed by atoms with Gasteiger partial charge in [0, 0.05) is 26.2 Å². The van der Waals surface area contributed by atoms with Crippen LogP contribution in [0.25, 0.3) is 0 Å². The first-order valence-corrected chi connectivity index (χ1v) is 8.43. The molecule has 0 aromatic heterocycles. The quantitative estimate of drug-likeness (QED) is 0.860. The van der Waals surface area contributed by atoms with Gasteiger partial charge in [-0.1, -0.05) is 25.1 Å². The van der Waals surface area contributed by atoms with Crippen LogP contribution in [-0.4, -0.2) is 38.5 Å². The van der Waals surface area contributed by atoms with Gasteiger partial charge >= 0.3 is 0 Å². The molecule has 1 aromatic rings. The lowest BCUT2D eigenvalue weighted by Gasteiger charge is -2.24. The summed E-state index contributed by atoms with van der Waals surface area (Å²) in [5.74, 6) is 0. The van der Waals surface area contributed by atoms with Crippen LogP contribution in [0.4, 0.5) is 0 Å². The predicted octanol–water partition coefficient (Wildman–Crippen LogP) is 1.33. The molecular weight excluding hydrogens is 276 g/mol. The van der Waals surface area contributed by atoms with Gasteiger partial charge in [-0.3, -0.25) is 0 Å². The van der Waals surface area contributed by atoms with Gasteiger partial charge in [0.15, 0.2) is 0 Å². The van der Waals surface area contributed by atoms with Crippen molar-refractivity contribution in [2.75, 3.05) is 19.7 Å². The number of rotatable bonds is 6. The Kier molecular flexibility index (Phi) is 5.15. The second kappa shape index (κ2) is 6.67. The minimum absolute atomic E-state index is 0.00904. The highest BCUT2D eigenvalue weighted by atomic mass is 32.2. The van der Waals surface area contributed by atoms with Crippen molar-refractivity contribution in [3.63, 3.8) is 0 Å². The van der Waals surface area contributed by atoms with Crippen LogP contribution in [0.2, 0.25) is 0 Å². The number of nitrogens with two attached hydrogens (primary N) is 1. The maximum Gasteiger partial charge on any atom is 0.243 e. The van der Waals surface area contributed by atoms with Gasteiger partial charge in [-0.25, -0.2) is 8.42 Å². The topological polar surface area (TPSA) is 72.6 Å². The Bertz CT molecular complexity index is 539. The molecule has 0 aliphatic carbocycles. The van der Waals surface area contributed by atoms with Crippen molar-refractivity contribution in [3.8, 4) is 0 Å². The molecule has 2 N–H and O–H groups in total. The van der Waals surface area contributed by atoms with Crippen molar-refractivity contribution in [1.29, 1.82) is 0 Å². The second-order valence-electron chi connectivity index (χ2n) is 4.90. The summed E-state index contributed by atoms with van der Waals surface area (Å²) >= 11 is 0. The lowest BCUT2D eigenvalue weighted by molar-refractivity contribution is 0.0946. The highest BCUT2D eigenvalue weighted by Gasteiger charge is 2.29. The van der Waals surface area contributed by atoms with Crippen LogP contribution >= 0.6 is 0 Å². The van der Waals surface area contributed by atoms with E-state index in [1.807, 2.05) is 6.92 Å². The Hall–Kier alpha value is -0.950. The summed E-state index contributed by atoms with van der Waals surface area (Å²) in [7, 11) is -3.51. The normalized spacial score (nSPS) is 19.6. The number of hydrogen-bond donors (Lipinski definition) is 1. The fourth-order valence-corrected chi connectivity index (χ4v) is 4.19. The fraction of sp³-hybridized carbons (Fsp3) is 0.571. The maximum atomic E-state index is 12.7. The first kappa shape index (κ1) is 15.4. The van der Waals surface area contributed by atoms with Gasteiger partial charge in [-0.2, -0.15) is 4.31 Å². The monoisotopic (exact) mass is 298 g/mol. The van der Waals surface area contributed by atoms with E-state index < -0.39 is 10.0 Å². The minimum atomic E-state index is -3.51. The third-order valence-electron chi connectivity index (χ3n) is 3.59. The van der Waals surface area contributed by atoms with E-state index in [2.05, 4.69) is 0 Å². The van der Waals surface area contributed by atoms with E-state index >= 15 is 0 Å². The standard InChI is InChI=1S/C14H22N2O3S/c1-2-16(11-13-7-5-9-19-13)20(17,18)14-8-4-3-6-12(14)10-15/h3-4,6,8,13H,2,5,7,9-11,15H2,1H3. The lowest BCUT2D eigenvalue weighted by atomic mass is 10.2. The van der Waals surface area contributed by atoms with Gasteiger partial charge in [0.1, 0.15) is 0 Å².